The number of hydrogen-bond acceptors (Lipinski definition) is 1. The van der Waals surface area contributed by atoms with Crippen molar-refractivity contribution in [3.05, 3.63) is 40.8 Å². The van der Waals surface area contributed by atoms with Crippen LogP contribution in [0.2, 0.25) is 0 Å². The minimum atomic E-state index is -0.0781. The van der Waals surface area contributed by atoms with Crippen molar-refractivity contribution in [3.63, 3.8) is 0 Å². The summed E-state index contributed by atoms with van der Waals surface area (Å²) in [5.74, 6) is 0.249. The van der Waals surface area contributed by atoms with Gasteiger partial charge in [0.15, 0.2) is 0 Å². The van der Waals surface area contributed by atoms with Crippen LogP contribution < -0.4 is 0 Å². The fraction of sp³-hybridized carbons (Fsp3) is 0.438. The monoisotopic (exact) mass is 245 g/mol. The summed E-state index contributed by atoms with van der Waals surface area (Å²) in [7, 11) is 0. The number of nitrogens with zero attached hydrogens (tertiary/aromatic N) is 1. The average molecular weight is 245 g/mol. The Labute approximate surface area is 108 Å². The van der Waals surface area contributed by atoms with Crippen LogP contribution in [0.15, 0.2) is 18.2 Å². The number of halogens is 1. The van der Waals surface area contributed by atoms with E-state index in [0.29, 0.717) is 0 Å². The van der Waals surface area contributed by atoms with E-state index >= 15 is 0 Å². The molecule has 0 atom stereocenters. The van der Waals surface area contributed by atoms with Crippen molar-refractivity contribution in [2.75, 3.05) is 0 Å². The van der Waals surface area contributed by atoms with Crippen molar-refractivity contribution in [2.45, 2.75) is 46.5 Å². The van der Waals surface area contributed by atoms with Crippen LogP contribution in [0.4, 0.5) is 4.39 Å². The van der Waals surface area contributed by atoms with E-state index in [1.165, 1.54) is 0 Å². The molecule has 0 saturated carbocycles. The second kappa shape index (κ2) is 4.68. The first-order valence-corrected chi connectivity index (χ1v) is 6.51. The minimum absolute atomic E-state index is 0.0781. The van der Waals surface area contributed by atoms with Gasteiger partial charge in [0.1, 0.15) is 5.82 Å². The Bertz CT molecular complexity index is 585. The summed E-state index contributed by atoms with van der Waals surface area (Å²) in [6, 6.07) is 5.96. The number of benzene rings is 1. The molecule has 1 aromatic carbocycles. The highest BCUT2D eigenvalue weighted by Crippen LogP contribution is 2.32. The van der Waals surface area contributed by atoms with Gasteiger partial charge in [-0.15, -0.1) is 0 Å². The number of aryl methyl sites for hydroxylation is 1. The van der Waals surface area contributed by atoms with Gasteiger partial charge in [-0.1, -0.05) is 33.8 Å². The lowest BCUT2D eigenvalue weighted by Gasteiger charge is -2.16. The van der Waals surface area contributed by atoms with E-state index in [9.17, 15) is 4.39 Å². The molecule has 1 aromatic heterocycles. The van der Waals surface area contributed by atoms with Crippen molar-refractivity contribution < 1.29 is 4.39 Å². The van der Waals surface area contributed by atoms with E-state index in [0.717, 1.165) is 27.7 Å². The van der Waals surface area contributed by atoms with Crippen molar-refractivity contribution in [2.24, 2.45) is 0 Å². The smallest absolute Gasteiger partial charge is 0.132 e. The highest BCUT2D eigenvalue weighted by molar-refractivity contribution is 5.83. The lowest BCUT2D eigenvalue weighted by Crippen LogP contribution is -2.03. The van der Waals surface area contributed by atoms with Gasteiger partial charge in [-0.05, 0) is 36.5 Å². The molecule has 2 heteroatoms. The highest BCUT2D eigenvalue weighted by atomic mass is 19.1. The van der Waals surface area contributed by atoms with E-state index in [2.05, 4.69) is 4.98 Å². The largest absolute Gasteiger partial charge is 0.253 e. The van der Waals surface area contributed by atoms with Gasteiger partial charge in [0, 0.05) is 16.6 Å². The zero-order valence-corrected chi connectivity index (χ0v) is 11.7. The van der Waals surface area contributed by atoms with Crippen LogP contribution >= 0.6 is 0 Å². The first kappa shape index (κ1) is 13.0. The van der Waals surface area contributed by atoms with Gasteiger partial charge in [0.05, 0.1) is 5.52 Å². The molecule has 2 rings (SSSR count). The predicted octanol–water partition coefficient (Wildman–Crippen LogP) is 4.93. The molecule has 1 heterocycles. The summed E-state index contributed by atoms with van der Waals surface area (Å²) in [6.07, 6.45) is 0. The predicted molar refractivity (Wildman–Crippen MR) is 74.6 cm³/mol. The van der Waals surface area contributed by atoms with Crippen molar-refractivity contribution in [1.29, 1.82) is 0 Å². The van der Waals surface area contributed by atoms with Crippen LogP contribution in [0, 0.1) is 12.7 Å². The van der Waals surface area contributed by atoms with Gasteiger partial charge in [-0.3, -0.25) is 4.98 Å². The second-order valence-corrected chi connectivity index (χ2v) is 5.53. The first-order valence-electron chi connectivity index (χ1n) is 6.51. The third kappa shape index (κ3) is 2.12. The SMILES string of the molecule is Cc1ccc2cc(C(C)C)c(F)c(C(C)C)c2n1. The van der Waals surface area contributed by atoms with Gasteiger partial charge in [0.2, 0.25) is 0 Å². The maximum atomic E-state index is 14.6. The third-order valence-electron chi connectivity index (χ3n) is 3.32. The lowest BCUT2D eigenvalue weighted by atomic mass is 9.91. The quantitative estimate of drug-likeness (QED) is 0.731. The van der Waals surface area contributed by atoms with E-state index in [-0.39, 0.29) is 17.7 Å². The van der Waals surface area contributed by atoms with E-state index in [4.69, 9.17) is 0 Å². The zero-order valence-electron chi connectivity index (χ0n) is 11.7. The molecule has 18 heavy (non-hydrogen) atoms. The van der Waals surface area contributed by atoms with Gasteiger partial charge in [0.25, 0.3) is 0 Å². The van der Waals surface area contributed by atoms with E-state index < -0.39 is 0 Å². The summed E-state index contributed by atoms with van der Waals surface area (Å²) >= 11 is 0. The first-order chi connectivity index (χ1) is 8.41. The molecule has 2 aromatic rings. The number of aromatic nitrogens is 1. The maximum absolute atomic E-state index is 14.6. The summed E-state index contributed by atoms with van der Waals surface area (Å²) < 4.78 is 14.6. The molecule has 0 amide bonds. The van der Waals surface area contributed by atoms with Crippen molar-refractivity contribution in [3.8, 4) is 0 Å². The molecule has 0 unspecified atom stereocenters. The van der Waals surface area contributed by atoms with Crippen LogP contribution in [0.1, 0.15) is 56.4 Å². The number of hydrogen-bond donors (Lipinski definition) is 0. The topological polar surface area (TPSA) is 12.9 Å². The summed E-state index contributed by atoms with van der Waals surface area (Å²) in [6.45, 7) is 10.0. The van der Waals surface area contributed by atoms with Gasteiger partial charge < -0.3 is 0 Å². The Morgan fingerprint density at radius 1 is 1.06 bits per heavy atom. The number of pyridine rings is 1. The second-order valence-electron chi connectivity index (χ2n) is 5.53. The maximum Gasteiger partial charge on any atom is 0.132 e. The Morgan fingerprint density at radius 3 is 2.28 bits per heavy atom. The molecule has 96 valence electrons. The Morgan fingerprint density at radius 2 is 1.72 bits per heavy atom. The molecule has 0 aliphatic carbocycles. The summed E-state index contributed by atoms with van der Waals surface area (Å²) in [4.78, 5) is 4.52. The third-order valence-corrected chi connectivity index (χ3v) is 3.32. The van der Waals surface area contributed by atoms with Crippen LogP contribution in [-0.4, -0.2) is 4.98 Å². The highest BCUT2D eigenvalue weighted by Gasteiger charge is 2.18. The fourth-order valence-electron chi connectivity index (χ4n) is 2.34. The molecule has 0 N–H and O–H groups in total. The fourth-order valence-corrected chi connectivity index (χ4v) is 2.34. The van der Waals surface area contributed by atoms with E-state index in [1.54, 1.807) is 0 Å². The number of fused-ring (bicyclic) bond motifs is 1. The Hall–Kier alpha value is -1.44. The standard InChI is InChI=1S/C16H20FN/c1-9(2)13-8-12-7-6-11(5)18-16(12)14(10(3)4)15(13)17/h6-10H,1-5H3. The lowest BCUT2D eigenvalue weighted by molar-refractivity contribution is 0.575. The molecule has 0 aliphatic heterocycles. The van der Waals surface area contributed by atoms with Crippen molar-refractivity contribution in [1.82, 2.24) is 4.98 Å². The van der Waals surface area contributed by atoms with Crippen LogP contribution in [0.25, 0.3) is 10.9 Å². The zero-order chi connectivity index (χ0) is 13.4. The average Bonchev–Trinajstić information content (AvgIpc) is 2.26. The molecule has 0 saturated heterocycles. The molecular formula is C16H20FN. The molecule has 0 radical (unpaired) electrons. The summed E-state index contributed by atoms with van der Waals surface area (Å²) in [5.41, 5.74) is 3.28. The molecule has 0 bridgehead atoms. The Balaban J connectivity index is 2.88. The Kier molecular flexibility index (Phi) is 3.38. The van der Waals surface area contributed by atoms with Crippen LogP contribution in [-0.2, 0) is 0 Å². The molecule has 0 spiro atoms. The van der Waals surface area contributed by atoms with E-state index in [1.807, 2.05) is 52.8 Å². The minimum Gasteiger partial charge on any atom is -0.253 e. The molecule has 0 aliphatic rings. The van der Waals surface area contributed by atoms with Crippen LogP contribution in [0.5, 0.6) is 0 Å². The molecule has 1 nitrogen and oxygen atoms in total. The van der Waals surface area contributed by atoms with Crippen molar-refractivity contribution >= 4 is 10.9 Å². The van der Waals surface area contributed by atoms with Gasteiger partial charge >= 0.3 is 0 Å². The molecular weight excluding hydrogens is 225 g/mol. The van der Waals surface area contributed by atoms with Gasteiger partial charge in [-0.25, -0.2) is 4.39 Å². The van der Waals surface area contributed by atoms with Gasteiger partial charge in [-0.2, -0.15) is 0 Å². The molecule has 0 fully saturated rings. The summed E-state index contributed by atoms with van der Waals surface area (Å²) in [5, 5.41) is 1.04. The van der Waals surface area contributed by atoms with Crippen LogP contribution in [0.3, 0.4) is 0 Å². The number of rotatable bonds is 2. The normalized spacial score (nSPS) is 11.8.